The van der Waals surface area contributed by atoms with Crippen LogP contribution in [0.2, 0.25) is 0 Å². The highest BCUT2D eigenvalue weighted by Crippen LogP contribution is 2.55. The largest absolute Gasteiger partial charge is 0.460 e. The molecule has 47 heavy (non-hydrogen) atoms. The van der Waals surface area contributed by atoms with Gasteiger partial charge in [0.2, 0.25) is 5.91 Å². The van der Waals surface area contributed by atoms with Gasteiger partial charge in [0.25, 0.3) is 0 Å². The number of amides is 1. The SMILES string of the molecule is CC(C)(C)OC(=O)CCC(CO)NC(=O)C12CC3OC(=O)C1N(Cc1ccc(C=CC(=O)OCC(F)(F)F)cc1)OC2C1OCOC31. The van der Waals surface area contributed by atoms with Gasteiger partial charge in [0.1, 0.15) is 42.2 Å². The number of aliphatic hydroxyl groups excluding tert-OH is 1. The number of aliphatic hydroxyl groups is 1. The third-order valence-electron chi connectivity index (χ3n) is 8.28. The van der Waals surface area contributed by atoms with Gasteiger partial charge in [-0.25, -0.2) is 4.79 Å². The summed E-state index contributed by atoms with van der Waals surface area (Å²) in [7, 11) is 0. The molecule has 4 fully saturated rings. The van der Waals surface area contributed by atoms with Crippen LogP contribution in [0.5, 0.6) is 0 Å². The number of alkyl halides is 3. The van der Waals surface area contributed by atoms with Gasteiger partial charge in [-0.2, -0.15) is 18.2 Å². The number of benzene rings is 1. The molecule has 0 spiro atoms. The summed E-state index contributed by atoms with van der Waals surface area (Å²) < 4.78 is 63.5. The molecule has 16 heteroatoms. The molecule has 13 nitrogen and oxygen atoms in total. The first-order chi connectivity index (χ1) is 22.1. The van der Waals surface area contributed by atoms with Crippen LogP contribution < -0.4 is 5.32 Å². The molecule has 3 heterocycles. The first kappa shape index (κ1) is 34.8. The lowest BCUT2D eigenvalue weighted by molar-refractivity contribution is -0.201. The Morgan fingerprint density at radius 1 is 1.15 bits per heavy atom. The molecule has 1 aliphatic carbocycles. The van der Waals surface area contributed by atoms with E-state index in [1.165, 1.54) is 11.1 Å². The van der Waals surface area contributed by atoms with Crippen molar-refractivity contribution in [2.24, 2.45) is 5.41 Å². The summed E-state index contributed by atoms with van der Waals surface area (Å²) in [5.41, 5.74) is -1.05. The number of nitrogens with one attached hydrogen (secondary N) is 1. The molecular formula is C31H37F3N2O11. The van der Waals surface area contributed by atoms with Crippen molar-refractivity contribution in [2.45, 2.75) is 94.9 Å². The molecule has 1 aromatic rings. The van der Waals surface area contributed by atoms with Gasteiger partial charge in [0.15, 0.2) is 12.6 Å². The van der Waals surface area contributed by atoms with E-state index in [9.17, 15) is 37.5 Å². The second-order valence-electron chi connectivity index (χ2n) is 12.9. The first-order valence-corrected chi connectivity index (χ1v) is 15.1. The molecular weight excluding hydrogens is 633 g/mol. The summed E-state index contributed by atoms with van der Waals surface area (Å²) in [5.74, 6) is -2.90. The van der Waals surface area contributed by atoms with E-state index >= 15 is 0 Å². The van der Waals surface area contributed by atoms with Crippen molar-refractivity contribution >= 4 is 29.9 Å². The maximum absolute atomic E-state index is 14.2. The van der Waals surface area contributed by atoms with Gasteiger partial charge in [0, 0.05) is 18.9 Å². The van der Waals surface area contributed by atoms with Crippen molar-refractivity contribution in [3.05, 3.63) is 41.5 Å². The molecule has 1 saturated carbocycles. The molecule has 4 aliphatic rings. The molecule has 2 bridgehead atoms. The van der Waals surface area contributed by atoms with Gasteiger partial charge >= 0.3 is 24.1 Å². The molecule has 3 aliphatic heterocycles. The predicted octanol–water partition coefficient (Wildman–Crippen LogP) is 1.95. The number of ether oxygens (including phenoxy) is 5. The number of hydroxylamine groups is 2. The highest BCUT2D eigenvalue weighted by atomic mass is 19.4. The number of nitrogens with zero attached hydrogens (tertiary/aromatic N) is 1. The Bertz CT molecular complexity index is 1380. The molecule has 0 aromatic heterocycles. The second kappa shape index (κ2) is 13.5. The van der Waals surface area contributed by atoms with E-state index < -0.39 is 90.7 Å². The molecule has 7 unspecified atom stereocenters. The Kier molecular flexibility index (Phi) is 9.99. The molecule has 3 saturated heterocycles. The van der Waals surface area contributed by atoms with Crippen LogP contribution in [0, 0.1) is 5.41 Å². The molecule has 1 aromatic carbocycles. The van der Waals surface area contributed by atoms with E-state index in [0.29, 0.717) is 11.1 Å². The molecule has 1 amide bonds. The fourth-order valence-electron chi connectivity index (χ4n) is 6.33. The number of hydrogen-bond donors (Lipinski definition) is 2. The summed E-state index contributed by atoms with van der Waals surface area (Å²) in [5, 5.41) is 14.2. The average Bonchev–Trinajstić information content (AvgIpc) is 3.61. The van der Waals surface area contributed by atoms with Gasteiger partial charge in [-0.15, -0.1) is 0 Å². The van der Waals surface area contributed by atoms with Crippen LogP contribution in [0.4, 0.5) is 13.2 Å². The van der Waals surface area contributed by atoms with E-state index in [0.717, 1.165) is 6.08 Å². The van der Waals surface area contributed by atoms with Crippen LogP contribution in [0.25, 0.3) is 6.08 Å². The van der Waals surface area contributed by atoms with Crippen LogP contribution in [-0.2, 0) is 54.2 Å². The number of esters is 3. The average molecular weight is 671 g/mol. The number of halogens is 3. The highest BCUT2D eigenvalue weighted by molar-refractivity contribution is 5.94. The molecule has 0 radical (unpaired) electrons. The van der Waals surface area contributed by atoms with E-state index in [-0.39, 0.29) is 32.6 Å². The van der Waals surface area contributed by atoms with Crippen molar-refractivity contribution in [3.63, 3.8) is 0 Å². The third-order valence-corrected chi connectivity index (χ3v) is 8.28. The highest BCUT2D eigenvalue weighted by Gasteiger charge is 2.74. The summed E-state index contributed by atoms with van der Waals surface area (Å²) in [6, 6.07) is 4.51. The summed E-state index contributed by atoms with van der Waals surface area (Å²) in [4.78, 5) is 57.9. The van der Waals surface area contributed by atoms with Crippen molar-refractivity contribution < 1.29 is 66.0 Å². The van der Waals surface area contributed by atoms with Crippen molar-refractivity contribution in [3.8, 4) is 0 Å². The third kappa shape index (κ3) is 7.78. The van der Waals surface area contributed by atoms with Crippen LogP contribution >= 0.6 is 0 Å². The zero-order valence-corrected chi connectivity index (χ0v) is 26.0. The van der Waals surface area contributed by atoms with Crippen LogP contribution in [0.3, 0.4) is 0 Å². The van der Waals surface area contributed by atoms with E-state index in [2.05, 4.69) is 10.1 Å². The Morgan fingerprint density at radius 2 is 1.85 bits per heavy atom. The van der Waals surface area contributed by atoms with Gasteiger partial charge in [-0.1, -0.05) is 24.3 Å². The van der Waals surface area contributed by atoms with Gasteiger partial charge in [-0.05, 0) is 44.4 Å². The minimum Gasteiger partial charge on any atom is -0.460 e. The fourth-order valence-corrected chi connectivity index (χ4v) is 6.33. The zero-order valence-electron chi connectivity index (χ0n) is 26.0. The van der Waals surface area contributed by atoms with Crippen molar-refractivity contribution in [1.82, 2.24) is 10.4 Å². The Balaban J connectivity index is 1.32. The lowest BCUT2D eigenvalue weighted by atomic mass is 9.62. The standard InChI is InChI=1S/C31H37F3N2O11/c1-29(2,3)46-22(39)11-9-19(14-37)35-28(41)30-12-20-23-24(44-16-43-23)26(30)47-36(25(30)27(40)45-20)13-18-6-4-17(5-7-18)8-10-21(38)42-15-31(32,33)34/h4-8,10,19-20,23-26,37H,9,11-16H2,1-3H3,(H,35,41). The maximum Gasteiger partial charge on any atom is 0.422 e. The number of fused-ring (bicyclic) bond motifs is 4. The van der Waals surface area contributed by atoms with Crippen LogP contribution in [0.1, 0.15) is 51.2 Å². The van der Waals surface area contributed by atoms with E-state index in [1.54, 1.807) is 45.0 Å². The normalized spacial score (nSPS) is 29.3. The smallest absolute Gasteiger partial charge is 0.422 e. The number of rotatable bonds is 11. The van der Waals surface area contributed by atoms with Gasteiger partial charge in [-0.3, -0.25) is 19.2 Å². The molecule has 2 N–H and O–H groups in total. The molecule has 7 atom stereocenters. The van der Waals surface area contributed by atoms with Crippen molar-refractivity contribution in [2.75, 3.05) is 20.0 Å². The summed E-state index contributed by atoms with van der Waals surface area (Å²) in [6.07, 6.45) is -5.48. The molecule has 258 valence electrons. The minimum absolute atomic E-state index is 0.0217. The lowest BCUT2D eigenvalue weighted by Gasteiger charge is -2.49. The van der Waals surface area contributed by atoms with Crippen LogP contribution in [-0.4, -0.2) is 102 Å². The second-order valence-corrected chi connectivity index (χ2v) is 12.9. The Labute approximate surface area is 268 Å². The van der Waals surface area contributed by atoms with Crippen LogP contribution in [0.15, 0.2) is 30.3 Å². The summed E-state index contributed by atoms with van der Waals surface area (Å²) in [6.45, 7) is 2.97. The Hall–Kier alpha value is -3.57. The van der Waals surface area contributed by atoms with Gasteiger partial charge < -0.3 is 34.1 Å². The maximum atomic E-state index is 14.2. The lowest BCUT2D eigenvalue weighted by Crippen LogP contribution is -2.70. The van der Waals surface area contributed by atoms with E-state index in [1.807, 2.05) is 0 Å². The van der Waals surface area contributed by atoms with E-state index in [4.69, 9.17) is 23.8 Å². The number of carbonyl (C=O) groups excluding carboxylic acids is 4. The summed E-state index contributed by atoms with van der Waals surface area (Å²) >= 11 is 0. The minimum atomic E-state index is -4.63. The topological polar surface area (TPSA) is 159 Å². The van der Waals surface area contributed by atoms with Gasteiger partial charge in [0.05, 0.1) is 19.2 Å². The first-order valence-electron chi connectivity index (χ1n) is 15.1. The van der Waals surface area contributed by atoms with Crippen molar-refractivity contribution in [1.29, 1.82) is 0 Å². The number of carbonyl (C=O) groups is 4. The Morgan fingerprint density at radius 3 is 2.51 bits per heavy atom. The fraction of sp³-hybridized carbons (Fsp3) is 0.613. The predicted molar refractivity (Wildman–Crippen MR) is 152 cm³/mol. The zero-order chi connectivity index (χ0) is 34.1. The molecule has 5 rings (SSSR count). The quantitative estimate of drug-likeness (QED) is 0.201. The number of hydrogen-bond acceptors (Lipinski definition) is 12. The monoisotopic (exact) mass is 670 g/mol.